The molecular formula is C30H32ClFN4O2S. The van der Waals surface area contributed by atoms with E-state index in [9.17, 15) is 4.39 Å². The molecule has 3 aromatic carbocycles. The van der Waals surface area contributed by atoms with Gasteiger partial charge < -0.3 is 25.1 Å². The van der Waals surface area contributed by atoms with Gasteiger partial charge in [0.05, 0.1) is 11.6 Å². The summed E-state index contributed by atoms with van der Waals surface area (Å²) < 4.78 is 25.2. The Balaban J connectivity index is 1.43. The highest BCUT2D eigenvalue weighted by molar-refractivity contribution is 8.13. The van der Waals surface area contributed by atoms with Gasteiger partial charge in [-0.3, -0.25) is 5.41 Å². The van der Waals surface area contributed by atoms with Crippen molar-refractivity contribution in [3.8, 4) is 17.1 Å². The van der Waals surface area contributed by atoms with Crippen molar-refractivity contribution in [3.63, 3.8) is 0 Å². The molecule has 1 heterocycles. The second-order valence-corrected chi connectivity index (χ2v) is 11.4. The monoisotopic (exact) mass is 566 g/mol. The van der Waals surface area contributed by atoms with Crippen molar-refractivity contribution in [2.24, 2.45) is 0 Å². The molecule has 0 amide bonds. The normalized spacial score (nSPS) is 11.7. The quantitative estimate of drug-likeness (QED) is 0.0630. The summed E-state index contributed by atoms with van der Waals surface area (Å²) in [5.74, 6) is 7.01. The number of hydrogen-bond donors (Lipinski definition) is 4. The summed E-state index contributed by atoms with van der Waals surface area (Å²) in [6.07, 6.45) is 2.13. The van der Waals surface area contributed by atoms with Crippen LogP contribution in [0.1, 0.15) is 16.9 Å². The van der Waals surface area contributed by atoms with Gasteiger partial charge in [-0.05, 0) is 72.5 Å². The third-order valence-corrected chi connectivity index (χ3v) is 7.11. The van der Waals surface area contributed by atoms with Crippen LogP contribution < -0.4 is 20.7 Å². The average Bonchev–Trinajstić information content (AvgIpc) is 3.39. The first kappa shape index (κ1) is 28.4. The number of rotatable bonds is 12. The summed E-state index contributed by atoms with van der Waals surface area (Å²) in [6.45, 7) is 1.74. The van der Waals surface area contributed by atoms with Crippen LogP contribution in [0, 0.1) is 11.2 Å². The molecule has 0 fully saturated rings. The molecule has 1 unspecified atom stereocenters. The van der Waals surface area contributed by atoms with Crippen molar-refractivity contribution in [1.82, 2.24) is 5.32 Å². The Morgan fingerprint density at radius 1 is 1.10 bits per heavy atom. The zero-order chi connectivity index (χ0) is 27.8. The molecule has 204 valence electrons. The Kier molecular flexibility index (Phi) is 9.81. The molecule has 0 aliphatic carbocycles. The van der Waals surface area contributed by atoms with Gasteiger partial charge in [0.15, 0.2) is 0 Å². The predicted octanol–water partition coefficient (Wildman–Crippen LogP) is 7.22. The van der Waals surface area contributed by atoms with Crippen LogP contribution in [-0.4, -0.2) is 37.3 Å². The van der Waals surface area contributed by atoms with Gasteiger partial charge in [0.25, 0.3) is 0 Å². The molecule has 0 spiro atoms. The fourth-order valence-electron chi connectivity index (χ4n) is 3.90. The molecule has 0 radical (unpaired) electrons. The average molecular weight is 567 g/mol. The maximum atomic E-state index is 13.4. The van der Waals surface area contributed by atoms with E-state index in [-0.39, 0.29) is 28.7 Å². The Morgan fingerprint density at radius 3 is 2.69 bits per heavy atom. The summed E-state index contributed by atoms with van der Waals surface area (Å²) >= 11 is 6.44. The molecule has 9 heteroatoms. The minimum absolute atomic E-state index is 0.165. The van der Waals surface area contributed by atoms with Crippen molar-refractivity contribution in [3.05, 3.63) is 101 Å². The summed E-state index contributed by atoms with van der Waals surface area (Å²) in [7, 11) is 1.98. The minimum atomic E-state index is -0.315. The number of furan rings is 1. The third-order valence-electron chi connectivity index (χ3n) is 5.92. The smallest absolute Gasteiger partial charge is 0.138 e. The number of nitrogens with one attached hydrogen (secondary N) is 4. The number of anilines is 2. The van der Waals surface area contributed by atoms with Crippen molar-refractivity contribution in [1.29, 1.82) is 5.41 Å². The molecule has 39 heavy (non-hydrogen) atoms. The molecule has 0 saturated carbocycles. The van der Waals surface area contributed by atoms with E-state index in [1.54, 1.807) is 30.3 Å². The molecule has 0 saturated heterocycles. The second-order valence-electron chi connectivity index (χ2n) is 9.00. The van der Waals surface area contributed by atoms with Crippen molar-refractivity contribution in [2.45, 2.75) is 13.2 Å². The van der Waals surface area contributed by atoms with Crippen molar-refractivity contribution in [2.75, 3.05) is 36.2 Å². The van der Waals surface area contributed by atoms with Crippen LogP contribution in [0.15, 0.2) is 77.2 Å². The largest absolute Gasteiger partial charge is 0.487 e. The third kappa shape index (κ3) is 7.95. The lowest BCUT2D eigenvalue weighted by molar-refractivity contribution is 0.306. The molecule has 6 nitrogen and oxygen atoms in total. The summed E-state index contributed by atoms with van der Waals surface area (Å²) in [5.41, 5.74) is 3.69. The second kappa shape index (κ2) is 13.5. The van der Waals surface area contributed by atoms with Gasteiger partial charge >= 0.3 is 0 Å². The summed E-state index contributed by atoms with van der Waals surface area (Å²) in [6, 6.07) is 21.2. The van der Waals surface area contributed by atoms with Crippen LogP contribution in [0.25, 0.3) is 11.3 Å². The topological polar surface area (TPSA) is 82.3 Å². The summed E-state index contributed by atoms with van der Waals surface area (Å²) in [4.78, 5) is 0. The Labute approximate surface area is 236 Å². The molecule has 0 bridgehead atoms. The van der Waals surface area contributed by atoms with Crippen LogP contribution in [0.2, 0.25) is 5.02 Å². The van der Waals surface area contributed by atoms with Crippen LogP contribution in [0.5, 0.6) is 5.75 Å². The van der Waals surface area contributed by atoms with Gasteiger partial charge in [-0.25, -0.2) is 4.39 Å². The fourth-order valence-corrected chi connectivity index (χ4v) is 4.63. The van der Waals surface area contributed by atoms with Gasteiger partial charge in [0.2, 0.25) is 0 Å². The predicted molar refractivity (Wildman–Crippen MR) is 164 cm³/mol. The first-order chi connectivity index (χ1) is 18.8. The Hall–Kier alpha value is -3.59. The van der Waals surface area contributed by atoms with Crippen molar-refractivity contribution < 1.29 is 13.5 Å². The minimum Gasteiger partial charge on any atom is -0.487 e. The zero-order valence-electron chi connectivity index (χ0n) is 21.9. The van der Waals surface area contributed by atoms with Gasteiger partial charge in [0.1, 0.15) is 35.5 Å². The van der Waals surface area contributed by atoms with E-state index >= 15 is 0 Å². The lowest BCUT2D eigenvalue weighted by Crippen LogP contribution is -2.16. The zero-order valence-corrected chi connectivity index (χ0v) is 23.5. The maximum Gasteiger partial charge on any atom is 0.138 e. The van der Waals surface area contributed by atoms with E-state index in [1.807, 2.05) is 37.4 Å². The highest BCUT2D eigenvalue weighted by Crippen LogP contribution is 2.30. The highest BCUT2D eigenvalue weighted by atomic mass is 35.5. The maximum absolute atomic E-state index is 13.4. The number of benzene rings is 3. The van der Waals surface area contributed by atoms with Gasteiger partial charge in [-0.2, -0.15) is 10.5 Å². The van der Waals surface area contributed by atoms with E-state index in [0.717, 1.165) is 35.1 Å². The number of ether oxygens (including phenoxy) is 1. The van der Waals surface area contributed by atoms with Crippen molar-refractivity contribution >= 4 is 45.2 Å². The summed E-state index contributed by atoms with van der Waals surface area (Å²) in [5, 5.41) is 18.8. The van der Waals surface area contributed by atoms with E-state index < -0.39 is 0 Å². The molecule has 0 aliphatic rings. The lowest BCUT2D eigenvalue weighted by atomic mass is 10.1. The van der Waals surface area contributed by atoms with E-state index in [0.29, 0.717) is 34.1 Å². The highest BCUT2D eigenvalue weighted by Gasteiger charge is 2.13. The van der Waals surface area contributed by atoms with Gasteiger partial charge in [0, 0.05) is 41.8 Å². The van der Waals surface area contributed by atoms with Crippen LogP contribution >= 0.6 is 22.1 Å². The van der Waals surface area contributed by atoms with Crippen LogP contribution in [-0.2, 0) is 13.2 Å². The molecule has 4 N–H and O–H groups in total. The molecule has 4 aromatic rings. The first-order valence-corrected chi connectivity index (χ1v) is 14.7. The molecular weight excluding hydrogens is 535 g/mol. The van der Waals surface area contributed by atoms with Gasteiger partial charge in [-0.15, -0.1) is 0 Å². The molecule has 1 aromatic heterocycles. The fraction of sp³-hybridized carbons (Fsp3) is 0.200. The van der Waals surface area contributed by atoms with E-state index in [4.69, 9.17) is 26.2 Å². The molecule has 4 rings (SSSR count). The van der Waals surface area contributed by atoms with Crippen LogP contribution in [0.3, 0.4) is 0 Å². The number of amidine groups is 1. The first-order valence-electron chi connectivity index (χ1n) is 12.4. The molecule has 0 aliphatic heterocycles. The van der Waals surface area contributed by atoms with E-state index in [1.165, 1.54) is 12.1 Å². The Morgan fingerprint density at radius 2 is 1.95 bits per heavy atom. The standard InChI is InChI=1S/C30H32ClFN4O2S/c1-34-27-10-7-21(28-12-9-24(38-28)18-35-13-14-39(2)3)16-25(27)30(33)36-23-8-11-29(26(31)17-23)37-19-20-5-4-6-22(32)15-20/h4-12,15-17,34-35H,2,13-14,18-19H2,1,3H3,(H2,33,36). The lowest BCUT2D eigenvalue weighted by Gasteiger charge is -2.15. The van der Waals surface area contributed by atoms with Gasteiger partial charge in [-0.1, -0.05) is 29.6 Å². The van der Waals surface area contributed by atoms with E-state index in [2.05, 4.69) is 28.1 Å². The SMILES string of the molecule is C=S(C)CCNCc1ccc(-c2ccc(NC)c(C(=N)Nc3ccc(OCc4cccc(F)c4)c(Cl)c3)c2)o1. The molecule has 1 atom stereocenters. The number of halogens is 2. The Bertz CT molecular complexity index is 1470. The number of hydrogen-bond acceptors (Lipinski definition) is 5. The van der Waals surface area contributed by atoms with Crippen LogP contribution in [0.4, 0.5) is 15.8 Å².